The first-order chi connectivity index (χ1) is 7.69. The summed E-state index contributed by atoms with van der Waals surface area (Å²) in [6.07, 6.45) is 1.68. The third-order valence-corrected chi connectivity index (χ3v) is 2.78. The Morgan fingerprint density at radius 1 is 1.50 bits per heavy atom. The third-order valence-electron chi connectivity index (χ3n) is 2.78. The first kappa shape index (κ1) is 13.4. The molecule has 1 saturated heterocycles. The standard InChI is InChI=1S/C11H22N2O3/c1-9-3-4-10(16-9)11(14)13(6-5-12)7-8-15-2/h9-10H,3-8,12H2,1-2H3. The largest absolute Gasteiger partial charge is 0.383 e. The zero-order chi connectivity index (χ0) is 12.0. The van der Waals surface area contributed by atoms with Crippen LogP contribution in [0.5, 0.6) is 0 Å². The number of methoxy groups -OCH3 is 1. The molecule has 0 spiro atoms. The van der Waals surface area contributed by atoms with Gasteiger partial charge in [-0.3, -0.25) is 4.79 Å². The summed E-state index contributed by atoms with van der Waals surface area (Å²) in [7, 11) is 1.62. The molecule has 1 aliphatic heterocycles. The van der Waals surface area contributed by atoms with Crippen LogP contribution < -0.4 is 5.73 Å². The number of hydrogen-bond donors (Lipinski definition) is 1. The fourth-order valence-corrected chi connectivity index (χ4v) is 1.88. The zero-order valence-electron chi connectivity index (χ0n) is 10.1. The van der Waals surface area contributed by atoms with E-state index in [1.54, 1.807) is 12.0 Å². The molecule has 2 unspecified atom stereocenters. The lowest BCUT2D eigenvalue weighted by Crippen LogP contribution is -2.43. The molecule has 1 aliphatic rings. The number of hydrogen-bond acceptors (Lipinski definition) is 4. The van der Waals surface area contributed by atoms with Crippen molar-refractivity contribution in [1.29, 1.82) is 0 Å². The molecule has 1 rings (SSSR count). The average molecular weight is 230 g/mol. The van der Waals surface area contributed by atoms with Gasteiger partial charge in [-0.05, 0) is 19.8 Å². The molecule has 5 nitrogen and oxygen atoms in total. The summed E-state index contributed by atoms with van der Waals surface area (Å²) in [5.74, 6) is 0.0480. The Morgan fingerprint density at radius 2 is 2.25 bits per heavy atom. The Morgan fingerprint density at radius 3 is 2.75 bits per heavy atom. The van der Waals surface area contributed by atoms with Crippen molar-refractivity contribution in [3.05, 3.63) is 0 Å². The van der Waals surface area contributed by atoms with Gasteiger partial charge in [-0.15, -0.1) is 0 Å². The summed E-state index contributed by atoms with van der Waals surface area (Å²) in [4.78, 5) is 13.8. The minimum atomic E-state index is -0.279. The second-order valence-corrected chi connectivity index (χ2v) is 4.12. The Balaban J connectivity index is 2.45. The molecule has 16 heavy (non-hydrogen) atoms. The number of carbonyl (C=O) groups excluding carboxylic acids is 1. The van der Waals surface area contributed by atoms with E-state index >= 15 is 0 Å². The predicted octanol–water partition coefficient (Wildman–Crippen LogP) is -0.0124. The molecule has 94 valence electrons. The van der Waals surface area contributed by atoms with E-state index in [2.05, 4.69) is 0 Å². The highest BCUT2D eigenvalue weighted by Gasteiger charge is 2.31. The van der Waals surface area contributed by atoms with E-state index in [0.717, 1.165) is 12.8 Å². The Bertz CT molecular complexity index is 223. The van der Waals surface area contributed by atoms with Crippen LogP contribution in [-0.4, -0.2) is 56.4 Å². The molecule has 0 radical (unpaired) electrons. The van der Waals surface area contributed by atoms with Gasteiger partial charge in [0.2, 0.25) is 0 Å². The first-order valence-corrected chi connectivity index (χ1v) is 5.82. The number of amides is 1. The van der Waals surface area contributed by atoms with E-state index in [1.807, 2.05) is 6.92 Å². The summed E-state index contributed by atoms with van der Waals surface area (Å²) in [5.41, 5.74) is 5.49. The van der Waals surface area contributed by atoms with E-state index in [0.29, 0.717) is 26.2 Å². The number of nitrogens with zero attached hydrogens (tertiary/aromatic N) is 1. The van der Waals surface area contributed by atoms with Crippen LogP contribution in [-0.2, 0) is 14.3 Å². The lowest BCUT2D eigenvalue weighted by atomic mass is 10.2. The van der Waals surface area contributed by atoms with Crippen molar-refractivity contribution in [1.82, 2.24) is 4.90 Å². The van der Waals surface area contributed by atoms with Crippen molar-refractivity contribution in [3.63, 3.8) is 0 Å². The highest BCUT2D eigenvalue weighted by Crippen LogP contribution is 2.20. The molecule has 2 atom stereocenters. The highest BCUT2D eigenvalue weighted by molar-refractivity contribution is 5.81. The van der Waals surface area contributed by atoms with Crippen molar-refractivity contribution in [2.75, 3.05) is 33.4 Å². The third kappa shape index (κ3) is 3.73. The maximum absolute atomic E-state index is 12.1. The van der Waals surface area contributed by atoms with Gasteiger partial charge in [0.1, 0.15) is 6.10 Å². The maximum Gasteiger partial charge on any atom is 0.251 e. The van der Waals surface area contributed by atoms with E-state index in [9.17, 15) is 4.79 Å². The molecule has 1 amide bonds. The fraction of sp³-hybridized carbons (Fsp3) is 0.909. The van der Waals surface area contributed by atoms with Crippen LogP contribution in [0, 0.1) is 0 Å². The van der Waals surface area contributed by atoms with Crippen LogP contribution in [0.4, 0.5) is 0 Å². The van der Waals surface area contributed by atoms with E-state index in [4.69, 9.17) is 15.2 Å². The Labute approximate surface area is 96.9 Å². The van der Waals surface area contributed by atoms with E-state index < -0.39 is 0 Å². The lowest BCUT2D eigenvalue weighted by Gasteiger charge is -2.24. The molecule has 1 heterocycles. The molecule has 0 aromatic heterocycles. The van der Waals surface area contributed by atoms with Crippen molar-refractivity contribution >= 4 is 5.91 Å². The first-order valence-electron chi connectivity index (χ1n) is 5.82. The summed E-state index contributed by atoms with van der Waals surface area (Å²) in [6.45, 7) is 4.15. The maximum atomic E-state index is 12.1. The molecular weight excluding hydrogens is 208 g/mol. The van der Waals surface area contributed by atoms with Crippen molar-refractivity contribution in [2.24, 2.45) is 5.73 Å². The molecule has 1 fully saturated rings. The normalized spacial score (nSPS) is 24.7. The molecule has 5 heteroatoms. The molecular formula is C11H22N2O3. The summed E-state index contributed by atoms with van der Waals surface area (Å²) in [6, 6.07) is 0. The second kappa shape index (κ2) is 6.83. The fourth-order valence-electron chi connectivity index (χ4n) is 1.88. The van der Waals surface area contributed by atoms with Gasteiger partial charge in [0.05, 0.1) is 12.7 Å². The minimum Gasteiger partial charge on any atom is -0.383 e. The second-order valence-electron chi connectivity index (χ2n) is 4.12. The topological polar surface area (TPSA) is 64.8 Å². The van der Waals surface area contributed by atoms with Crippen LogP contribution in [0.15, 0.2) is 0 Å². The Kier molecular flexibility index (Phi) is 5.73. The van der Waals surface area contributed by atoms with E-state index in [1.165, 1.54) is 0 Å². The summed E-state index contributed by atoms with van der Waals surface area (Å²) >= 11 is 0. The van der Waals surface area contributed by atoms with Crippen LogP contribution in [0.25, 0.3) is 0 Å². The van der Waals surface area contributed by atoms with Gasteiger partial charge in [-0.1, -0.05) is 0 Å². The molecule has 0 aromatic rings. The SMILES string of the molecule is COCCN(CCN)C(=O)C1CCC(C)O1. The van der Waals surface area contributed by atoms with Gasteiger partial charge < -0.3 is 20.1 Å². The van der Waals surface area contributed by atoms with Crippen LogP contribution >= 0.6 is 0 Å². The number of nitrogens with two attached hydrogens (primary N) is 1. The summed E-state index contributed by atoms with van der Waals surface area (Å²) < 4.78 is 10.5. The molecule has 2 N–H and O–H groups in total. The van der Waals surface area contributed by atoms with Gasteiger partial charge in [0, 0.05) is 26.7 Å². The van der Waals surface area contributed by atoms with Crippen LogP contribution in [0.3, 0.4) is 0 Å². The van der Waals surface area contributed by atoms with Crippen molar-refractivity contribution < 1.29 is 14.3 Å². The summed E-state index contributed by atoms with van der Waals surface area (Å²) in [5, 5.41) is 0. The molecule has 0 saturated carbocycles. The van der Waals surface area contributed by atoms with Gasteiger partial charge in [0.15, 0.2) is 0 Å². The van der Waals surface area contributed by atoms with Gasteiger partial charge in [-0.2, -0.15) is 0 Å². The quantitative estimate of drug-likeness (QED) is 0.697. The lowest BCUT2D eigenvalue weighted by molar-refractivity contribution is -0.143. The van der Waals surface area contributed by atoms with Gasteiger partial charge in [-0.25, -0.2) is 0 Å². The van der Waals surface area contributed by atoms with Crippen LogP contribution in [0.2, 0.25) is 0 Å². The molecule has 0 bridgehead atoms. The molecule has 0 aliphatic carbocycles. The number of rotatable bonds is 6. The van der Waals surface area contributed by atoms with Crippen LogP contribution in [0.1, 0.15) is 19.8 Å². The van der Waals surface area contributed by atoms with Gasteiger partial charge in [0.25, 0.3) is 5.91 Å². The smallest absolute Gasteiger partial charge is 0.251 e. The van der Waals surface area contributed by atoms with Gasteiger partial charge >= 0.3 is 0 Å². The molecule has 0 aromatic carbocycles. The average Bonchev–Trinajstić information content (AvgIpc) is 2.70. The number of ether oxygens (including phenoxy) is 2. The minimum absolute atomic E-state index is 0.0480. The number of carbonyl (C=O) groups is 1. The monoisotopic (exact) mass is 230 g/mol. The predicted molar refractivity (Wildman–Crippen MR) is 61.1 cm³/mol. The zero-order valence-corrected chi connectivity index (χ0v) is 10.1. The Hall–Kier alpha value is -0.650. The van der Waals surface area contributed by atoms with Crippen molar-refractivity contribution in [2.45, 2.75) is 32.0 Å². The van der Waals surface area contributed by atoms with E-state index in [-0.39, 0.29) is 18.1 Å². The van der Waals surface area contributed by atoms with Crippen molar-refractivity contribution in [3.8, 4) is 0 Å². The highest BCUT2D eigenvalue weighted by atomic mass is 16.5.